The van der Waals surface area contributed by atoms with Gasteiger partial charge in [-0.25, -0.2) is 0 Å². The topological polar surface area (TPSA) is 30.7 Å². The highest BCUT2D eigenvalue weighted by atomic mass is 35.5. The molecule has 3 rings (SSSR count). The van der Waals surface area contributed by atoms with E-state index in [0.29, 0.717) is 0 Å². The first kappa shape index (κ1) is 21.5. The Morgan fingerprint density at radius 2 is 1.86 bits per heavy atom. The molecule has 0 fully saturated rings. The first-order valence-electron chi connectivity index (χ1n) is 10.0. The van der Waals surface area contributed by atoms with Crippen molar-refractivity contribution < 1.29 is 0 Å². The van der Waals surface area contributed by atoms with Gasteiger partial charge in [0, 0.05) is 35.4 Å². The predicted molar refractivity (Wildman–Crippen MR) is 123 cm³/mol. The lowest BCUT2D eigenvalue weighted by atomic mass is 10.1. The second-order valence-corrected chi connectivity index (χ2v) is 8.35. The zero-order chi connectivity index (χ0) is 20.5. The number of halogens is 1. The smallest absolute Gasteiger partial charge is 0.191 e. The van der Waals surface area contributed by atoms with Crippen LogP contribution in [0.2, 0.25) is 5.02 Å². The third-order valence-electron chi connectivity index (χ3n) is 4.62. The summed E-state index contributed by atoms with van der Waals surface area (Å²) in [6.45, 7) is 2.23. The number of rotatable bonds is 8. The second kappa shape index (κ2) is 11.1. The van der Waals surface area contributed by atoms with Crippen molar-refractivity contribution in [2.24, 2.45) is 7.05 Å². The van der Waals surface area contributed by atoms with Crippen molar-refractivity contribution in [3.8, 4) is 23.2 Å². The van der Waals surface area contributed by atoms with Crippen molar-refractivity contribution in [2.75, 3.05) is 0 Å². The van der Waals surface area contributed by atoms with Gasteiger partial charge in [-0.05, 0) is 36.2 Å². The summed E-state index contributed by atoms with van der Waals surface area (Å²) < 4.78 is 2.04. The van der Waals surface area contributed by atoms with Gasteiger partial charge in [-0.1, -0.05) is 85.7 Å². The van der Waals surface area contributed by atoms with Gasteiger partial charge in [-0.3, -0.25) is 0 Å². The van der Waals surface area contributed by atoms with Crippen molar-refractivity contribution in [2.45, 2.75) is 49.9 Å². The van der Waals surface area contributed by atoms with Gasteiger partial charge in [-0.2, -0.15) is 0 Å². The van der Waals surface area contributed by atoms with Crippen LogP contribution in [-0.4, -0.2) is 14.8 Å². The van der Waals surface area contributed by atoms with Crippen LogP contribution in [0.4, 0.5) is 0 Å². The number of hydrogen-bond acceptors (Lipinski definition) is 3. The fourth-order valence-corrected chi connectivity index (χ4v) is 3.95. The lowest BCUT2D eigenvalue weighted by Gasteiger charge is -2.05. The fraction of sp³-hybridized carbons (Fsp3) is 0.333. The molecule has 5 heteroatoms. The van der Waals surface area contributed by atoms with E-state index in [1.54, 1.807) is 11.8 Å². The van der Waals surface area contributed by atoms with Crippen LogP contribution in [-0.2, 0) is 12.8 Å². The van der Waals surface area contributed by atoms with Crippen molar-refractivity contribution in [1.82, 2.24) is 14.8 Å². The lowest BCUT2D eigenvalue weighted by Crippen LogP contribution is -1.95. The Hall–Kier alpha value is -2.22. The summed E-state index contributed by atoms with van der Waals surface area (Å²) in [5, 5.41) is 10.4. The molecule has 0 aliphatic heterocycles. The number of thioether (sulfide) groups is 1. The Kier molecular flexibility index (Phi) is 8.22. The van der Waals surface area contributed by atoms with Gasteiger partial charge in [0.2, 0.25) is 0 Å². The van der Waals surface area contributed by atoms with Crippen molar-refractivity contribution >= 4 is 23.4 Å². The summed E-state index contributed by atoms with van der Waals surface area (Å²) in [4.78, 5) is 0. The average Bonchev–Trinajstić information content (AvgIpc) is 3.11. The summed E-state index contributed by atoms with van der Waals surface area (Å²) in [6, 6.07) is 16.1. The summed E-state index contributed by atoms with van der Waals surface area (Å²) >= 11 is 7.62. The molecule has 0 spiro atoms. The highest BCUT2D eigenvalue weighted by Gasteiger charge is 2.11. The molecule has 2 aromatic carbocycles. The Morgan fingerprint density at radius 3 is 2.66 bits per heavy atom. The molecule has 0 saturated heterocycles. The summed E-state index contributed by atoms with van der Waals surface area (Å²) in [5.74, 6) is 8.26. The van der Waals surface area contributed by atoms with Crippen molar-refractivity contribution in [3.63, 3.8) is 0 Å². The van der Waals surface area contributed by atoms with Gasteiger partial charge in [0.25, 0.3) is 0 Å². The van der Waals surface area contributed by atoms with Crippen molar-refractivity contribution in [1.29, 1.82) is 0 Å². The molecule has 0 aliphatic carbocycles. The van der Waals surface area contributed by atoms with E-state index in [9.17, 15) is 0 Å². The van der Waals surface area contributed by atoms with E-state index >= 15 is 0 Å². The fourth-order valence-electron chi connectivity index (χ4n) is 2.96. The third kappa shape index (κ3) is 6.39. The van der Waals surface area contributed by atoms with Gasteiger partial charge in [0.15, 0.2) is 11.0 Å². The average molecular weight is 424 g/mol. The van der Waals surface area contributed by atoms with E-state index in [1.165, 1.54) is 31.2 Å². The Morgan fingerprint density at radius 1 is 1.03 bits per heavy atom. The van der Waals surface area contributed by atoms with E-state index in [1.807, 2.05) is 41.9 Å². The largest absolute Gasteiger partial charge is 0.305 e. The molecule has 0 unspecified atom stereocenters. The molecule has 150 valence electrons. The molecule has 0 amide bonds. The maximum atomic E-state index is 5.96. The summed E-state index contributed by atoms with van der Waals surface area (Å²) in [7, 11) is 2.01. The monoisotopic (exact) mass is 423 g/mol. The number of hydrogen-bond donors (Lipinski definition) is 0. The van der Waals surface area contributed by atoms with Crippen LogP contribution in [0, 0.1) is 11.8 Å². The standard InChI is InChI=1S/C24H26ClN3S/c1-3-4-5-6-7-8-10-19-11-9-12-21(17-19)23-26-27-24(28(23)2)29-18-20-13-15-22(25)16-14-20/h9,11-17H,3-7,18H2,1-2H3. The number of benzene rings is 2. The zero-order valence-electron chi connectivity index (χ0n) is 17.0. The van der Waals surface area contributed by atoms with Crippen LogP contribution in [0.1, 0.15) is 50.2 Å². The number of unbranched alkanes of at least 4 members (excludes halogenated alkanes) is 4. The highest BCUT2D eigenvalue weighted by molar-refractivity contribution is 7.98. The normalized spacial score (nSPS) is 10.6. The van der Waals surface area contributed by atoms with E-state index in [2.05, 4.69) is 47.2 Å². The van der Waals surface area contributed by atoms with Gasteiger partial charge in [0.05, 0.1) is 0 Å². The highest BCUT2D eigenvalue weighted by Crippen LogP contribution is 2.26. The van der Waals surface area contributed by atoms with Crippen molar-refractivity contribution in [3.05, 3.63) is 64.7 Å². The third-order valence-corrected chi connectivity index (χ3v) is 5.97. The zero-order valence-corrected chi connectivity index (χ0v) is 18.6. The molecule has 0 aliphatic rings. The minimum Gasteiger partial charge on any atom is -0.305 e. The van der Waals surface area contributed by atoms with E-state index < -0.39 is 0 Å². The first-order chi connectivity index (χ1) is 14.2. The Balaban J connectivity index is 1.65. The first-order valence-corrected chi connectivity index (χ1v) is 11.4. The molecule has 3 nitrogen and oxygen atoms in total. The van der Waals surface area contributed by atoms with Crippen LogP contribution in [0.5, 0.6) is 0 Å². The van der Waals surface area contributed by atoms with E-state index in [0.717, 1.165) is 39.3 Å². The molecule has 0 N–H and O–H groups in total. The Bertz CT molecular complexity index is 983. The van der Waals surface area contributed by atoms with Gasteiger partial charge in [-0.15, -0.1) is 10.2 Å². The molecule has 0 saturated carbocycles. The molecule has 0 atom stereocenters. The molecular formula is C24H26ClN3S. The molecule has 0 radical (unpaired) electrons. The lowest BCUT2D eigenvalue weighted by molar-refractivity contribution is 0.679. The van der Waals surface area contributed by atoms with E-state index in [4.69, 9.17) is 11.6 Å². The van der Waals surface area contributed by atoms with Crippen LogP contribution >= 0.6 is 23.4 Å². The summed E-state index contributed by atoms with van der Waals surface area (Å²) in [6.07, 6.45) is 5.95. The SMILES string of the molecule is CCCCCCC#Cc1cccc(-c2nnc(SCc3ccc(Cl)cc3)n2C)c1. The molecule has 1 aromatic heterocycles. The maximum Gasteiger partial charge on any atom is 0.191 e. The number of aromatic nitrogens is 3. The van der Waals surface area contributed by atoms with Gasteiger partial charge < -0.3 is 4.57 Å². The summed E-state index contributed by atoms with van der Waals surface area (Å²) in [5.41, 5.74) is 3.27. The molecule has 29 heavy (non-hydrogen) atoms. The minimum absolute atomic E-state index is 0.753. The van der Waals surface area contributed by atoms with E-state index in [-0.39, 0.29) is 0 Å². The minimum atomic E-state index is 0.753. The van der Waals surface area contributed by atoms with Crippen LogP contribution in [0.25, 0.3) is 11.4 Å². The predicted octanol–water partition coefficient (Wildman–Crippen LogP) is 6.75. The van der Waals surface area contributed by atoms with Crippen LogP contribution in [0.15, 0.2) is 53.7 Å². The quantitative estimate of drug-likeness (QED) is 0.228. The molecule has 3 aromatic rings. The van der Waals surface area contributed by atoms with Gasteiger partial charge in [0.1, 0.15) is 0 Å². The van der Waals surface area contributed by atoms with Gasteiger partial charge >= 0.3 is 0 Å². The molecule has 1 heterocycles. The maximum absolute atomic E-state index is 5.96. The number of nitrogens with zero attached hydrogens (tertiary/aromatic N) is 3. The second-order valence-electron chi connectivity index (χ2n) is 6.97. The molecular weight excluding hydrogens is 398 g/mol. The molecule has 0 bridgehead atoms. The van der Waals surface area contributed by atoms with Crippen LogP contribution < -0.4 is 0 Å². The Labute approximate surface area is 182 Å². The van der Waals surface area contributed by atoms with Crippen LogP contribution in [0.3, 0.4) is 0 Å².